The molecule has 6 nitrogen and oxygen atoms in total. The van der Waals surface area contributed by atoms with Gasteiger partial charge in [-0.15, -0.1) is 0 Å². The van der Waals surface area contributed by atoms with Crippen LogP contribution in [0.1, 0.15) is 6.92 Å². The molecule has 1 atom stereocenters. The molecule has 0 bridgehead atoms. The van der Waals surface area contributed by atoms with Gasteiger partial charge in [-0.2, -0.15) is 4.31 Å². The number of amides is 1. The largest absolute Gasteiger partial charge is 0.323 e. The number of quaternary nitrogens is 1. The Kier molecular flexibility index (Phi) is 6.07. The molecule has 1 aliphatic heterocycles. The number of sulfonamides is 1. The second kappa shape index (κ2) is 8.34. The maximum atomic E-state index is 13.7. The smallest absolute Gasteiger partial charge is 0.282 e. The average molecular weight is 410 g/mol. The van der Waals surface area contributed by atoms with Gasteiger partial charge in [0.05, 0.1) is 36.8 Å². The highest BCUT2D eigenvalue weighted by molar-refractivity contribution is 7.89. The quantitative estimate of drug-likeness (QED) is 0.769. The highest BCUT2D eigenvalue weighted by atomic mass is 32.2. The van der Waals surface area contributed by atoms with E-state index in [1.807, 2.05) is 0 Å². The van der Waals surface area contributed by atoms with Crippen molar-refractivity contribution in [3.63, 3.8) is 0 Å². The number of hydrogen-bond acceptors (Lipinski definition) is 3. The lowest BCUT2D eigenvalue weighted by Gasteiger charge is -2.34. The fourth-order valence-electron chi connectivity index (χ4n) is 3.19. The van der Waals surface area contributed by atoms with Gasteiger partial charge in [0, 0.05) is 0 Å². The van der Waals surface area contributed by atoms with Gasteiger partial charge in [0.25, 0.3) is 5.91 Å². The maximum absolute atomic E-state index is 13.7. The summed E-state index contributed by atoms with van der Waals surface area (Å²) in [4.78, 5) is 13.4. The number of anilines is 1. The number of carbonyl (C=O) groups excluding carboxylic acids is 1. The lowest BCUT2D eigenvalue weighted by molar-refractivity contribution is -0.917. The number of nitrogens with one attached hydrogen (secondary N) is 2. The Morgan fingerprint density at radius 1 is 1.07 bits per heavy atom. The van der Waals surface area contributed by atoms with Crippen molar-refractivity contribution in [2.24, 2.45) is 0 Å². The van der Waals surface area contributed by atoms with Crippen molar-refractivity contribution >= 4 is 21.6 Å². The lowest BCUT2D eigenvalue weighted by Crippen LogP contribution is -3.19. The molecular weight excluding hydrogens is 388 g/mol. The Balaban J connectivity index is 1.60. The van der Waals surface area contributed by atoms with E-state index in [4.69, 9.17) is 0 Å². The summed E-state index contributed by atoms with van der Waals surface area (Å²) >= 11 is 0. The molecule has 2 aromatic carbocycles. The summed E-state index contributed by atoms with van der Waals surface area (Å²) in [5.41, 5.74) is 0.122. The van der Waals surface area contributed by atoms with Crippen molar-refractivity contribution in [2.75, 3.05) is 31.5 Å². The first-order valence-corrected chi connectivity index (χ1v) is 10.4. The van der Waals surface area contributed by atoms with E-state index in [1.54, 1.807) is 19.1 Å². The Bertz CT molecular complexity index is 943. The van der Waals surface area contributed by atoms with Gasteiger partial charge in [-0.3, -0.25) is 4.79 Å². The SMILES string of the molecule is C[C@@H](C(=O)Nc1ccccc1F)[NH+]1CCN(S(=O)(=O)c2ccc(F)cc2)CC1. The molecule has 28 heavy (non-hydrogen) atoms. The third kappa shape index (κ3) is 4.37. The van der Waals surface area contributed by atoms with Crippen LogP contribution >= 0.6 is 0 Å². The topological polar surface area (TPSA) is 70.9 Å². The number of piperazine rings is 1. The van der Waals surface area contributed by atoms with E-state index in [1.165, 1.54) is 28.6 Å². The molecule has 1 aliphatic rings. The summed E-state index contributed by atoms with van der Waals surface area (Å²) in [6.07, 6.45) is 0. The molecule has 3 rings (SSSR count). The Hall–Kier alpha value is -2.36. The van der Waals surface area contributed by atoms with Crippen LogP contribution in [-0.4, -0.2) is 50.9 Å². The summed E-state index contributed by atoms with van der Waals surface area (Å²) < 4.78 is 53.4. The van der Waals surface area contributed by atoms with E-state index in [0.29, 0.717) is 13.1 Å². The average Bonchev–Trinajstić information content (AvgIpc) is 2.69. The van der Waals surface area contributed by atoms with Gasteiger partial charge in [0.1, 0.15) is 11.6 Å². The Labute approximate surface area is 162 Å². The molecule has 0 unspecified atom stereocenters. The molecule has 1 heterocycles. The third-order valence-corrected chi connectivity index (χ3v) is 6.87. The zero-order chi connectivity index (χ0) is 20.3. The lowest BCUT2D eigenvalue weighted by atomic mass is 10.2. The van der Waals surface area contributed by atoms with E-state index < -0.39 is 27.7 Å². The van der Waals surface area contributed by atoms with Crippen LogP contribution in [0.15, 0.2) is 53.4 Å². The van der Waals surface area contributed by atoms with Crippen molar-refractivity contribution < 1.29 is 26.9 Å². The van der Waals surface area contributed by atoms with E-state index in [-0.39, 0.29) is 29.6 Å². The minimum atomic E-state index is -3.70. The number of para-hydroxylation sites is 1. The molecule has 0 saturated carbocycles. The molecular formula is C19H22F2N3O3S+. The van der Waals surface area contributed by atoms with Crippen molar-refractivity contribution in [1.29, 1.82) is 0 Å². The molecule has 1 amide bonds. The van der Waals surface area contributed by atoms with Gasteiger partial charge in [0.2, 0.25) is 10.0 Å². The monoisotopic (exact) mass is 410 g/mol. The van der Waals surface area contributed by atoms with Crippen LogP contribution in [0.4, 0.5) is 14.5 Å². The number of hydrogen-bond donors (Lipinski definition) is 2. The Morgan fingerprint density at radius 2 is 1.68 bits per heavy atom. The predicted octanol–water partition coefficient (Wildman–Crippen LogP) is 0.881. The van der Waals surface area contributed by atoms with Crippen LogP contribution in [0.2, 0.25) is 0 Å². The van der Waals surface area contributed by atoms with Crippen molar-refractivity contribution in [2.45, 2.75) is 17.9 Å². The van der Waals surface area contributed by atoms with E-state index >= 15 is 0 Å². The standard InChI is InChI=1S/C19H21F2N3O3S/c1-14(19(25)22-18-5-3-2-4-17(18)21)23-10-12-24(13-11-23)28(26,27)16-8-6-15(20)7-9-16/h2-9,14H,10-13H2,1H3,(H,22,25)/p+1/t14-/m0/s1. The first-order chi connectivity index (χ1) is 13.3. The van der Waals surface area contributed by atoms with Crippen molar-refractivity contribution in [1.82, 2.24) is 4.31 Å². The van der Waals surface area contributed by atoms with Gasteiger partial charge in [-0.25, -0.2) is 17.2 Å². The van der Waals surface area contributed by atoms with Gasteiger partial charge in [-0.1, -0.05) is 12.1 Å². The molecule has 0 spiro atoms. The molecule has 1 saturated heterocycles. The number of nitrogens with zero attached hydrogens (tertiary/aromatic N) is 1. The van der Waals surface area contributed by atoms with Crippen LogP contribution in [0.3, 0.4) is 0 Å². The zero-order valence-electron chi connectivity index (χ0n) is 15.4. The van der Waals surface area contributed by atoms with Crippen molar-refractivity contribution in [3.8, 4) is 0 Å². The second-order valence-electron chi connectivity index (χ2n) is 6.71. The maximum Gasteiger partial charge on any atom is 0.282 e. The first kappa shape index (κ1) is 20.4. The van der Waals surface area contributed by atoms with Crippen LogP contribution in [0, 0.1) is 11.6 Å². The van der Waals surface area contributed by atoms with Crippen LogP contribution in [0.5, 0.6) is 0 Å². The van der Waals surface area contributed by atoms with Crippen LogP contribution in [0.25, 0.3) is 0 Å². The molecule has 0 radical (unpaired) electrons. The number of benzene rings is 2. The minimum Gasteiger partial charge on any atom is -0.323 e. The normalized spacial score (nSPS) is 17.2. The minimum absolute atomic E-state index is 0.0442. The molecule has 0 aromatic heterocycles. The summed E-state index contributed by atoms with van der Waals surface area (Å²) in [6, 6.07) is 10.2. The van der Waals surface area contributed by atoms with Gasteiger partial charge in [-0.05, 0) is 43.3 Å². The molecule has 9 heteroatoms. The molecule has 0 aliphatic carbocycles. The summed E-state index contributed by atoms with van der Waals surface area (Å²) in [7, 11) is -3.70. The summed E-state index contributed by atoms with van der Waals surface area (Å²) in [5, 5.41) is 2.58. The van der Waals surface area contributed by atoms with E-state index in [0.717, 1.165) is 17.0 Å². The third-order valence-electron chi connectivity index (χ3n) is 4.95. The highest BCUT2D eigenvalue weighted by Gasteiger charge is 2.34. The second-order valence-corrected chi connectivity index (χ2v) is 8.64. The van der Waals surface area contributed by atoms with E-state index in [9.17, 15) is 22.0 Å². The fourth-order valence-corrected chi connectivity index (χ4v) is 4.63. The highest BCUT2D eigenvalue weighted by Crippen LogP contribution is 2.16. The number of carbonyl (C=O) groups is 1. The number of halogens is 2. The van der Waals surface area contributed by atoms with Crippen LogP contribution in [-0.2, 0) is 14.8 Å². The summed E-state index contributed by atoms with van der Waals surface area (Å²) in [5.74, 6) is -1.33. The summed E-state index contributed by atoms with van der Waals surface area (Å²) in [6.45, 7) is 3.09. The van der Waals surface area contributed by atoms with Gasteiger partial charge < -0.3 is 10.2 Å². The van der Waals surface area contributed by atoms with Gasteiger partial charge in [0.15, 0.2) is 6.04 Å². The number of rotatable bonds is 5. The zero-order valence-corrected chi connectivity index (χ0v) is 16.2. The van der Waals surface area contributed by atoms with Gasteiger partial charge >= 0.3 is 0 Å². The predicted molar refractivity (Wildman–Crippen MR) is 100 cm³/mol. The fraction of sp³-hybridized carbons (Fsp3) is 0.316. The molecule has 2 N–H and O–H groups in total. The van der Waals surface area contributed by atoms with Crippen LogP contribution < -0.4 is 10.2 Å². The molecule has 1 fully saturated rings. The van der Waals surface area contributed by atoms with E-state index in [2.05, 4.69) is 5.32 Å². The molecule has 2 aromatic rings. The van der Waals surface area contributed by atoms with Crippen molar-refractivity contribution in [3.05, 3.63) is 60.2 Å². The molecule has 150 valence electrons. The Morgan fingerprint density at radius 3 is 2.29 bits per heavy atom. The first-order valence-electron chi connectivity index (χ1n) is 8.95.